The van der Waals surface area contributed by atoms with Gasteiger partial charge in [0.15, 0.2) is 0 Å². The Kier molecular flexibility index (Phi) is 3.69. The Morgan fingerprint density at radius 3 is 3.00 bits per heavy atom. The van der Waals surface area contributed by atoms with Gasteiger partial charge in [-0.1, -0.05) is 0 Å². The zero-order valence-electron chi connectivity index (χ0n) is 12.3. The molecule has 2 amide bonds. The fourth-order valence-corrected chi connectivity index (χ4v) is 3.33. The maximum absolute atomic E-state index is 12.2. The standard InChI is InChI=1S/C14H20N4O2S/c1-14(2)13(20)17-11(7-21-14)12(19)16-6-10-5-15-8-18(10)9-3-4-9/h5,8-9,11H,3-4,6-7H2,1-2H3,(H,16,19)(H,17,20)/t11-/m0/s1. The second-order valence-electron chi connectivity index (χ2n) is 6.09. The Morgan fingerprint density at radius 1 is 1.57 bits per heavy atom. The van der Waals surface area contributed by atoms with Crippen LogP contribution in [0.1, 0.15) is 38.4 Å². The number of carbonyl (C=O) groups is 2. The third-order valence-corrected chi connectivity index (χ3v) is 5.32. The summed E-state index contributed by atoms with van der Waals surface area (Å²) in [5.74, 6) is 0.392. The van der Waals surface area contributed by atoms with E-state index in [1.54, 1.807) is 6.20 Å². The molecular formula is C14H20N4O2S. The molecule has 0 radical (unpaired) electrons. The lowest BCUT2D eigenvalue weighted by atomic mass is 10.1. The number of nitrogens with one attached hydrogen (secondary N) is 2. The zero-order valence-corrected chi connectivity index (χ0v) is 13.1. The first kappa shape index (κ1) is 14.4. The van der Waals surface area contributed by atoms with Crippen LogP contribution in [0.3, 0.4) is 0 Å². The van der Waals surface area contributed by atoms with Gasteiger partial charge in [0.2, 0.25) is 11.8 Å². The number of aromatic nitrogens is 2. The molecule has 2 aliphatic rings. The fourth-order valence-electron chi connectivity index (χ4n) is 2.32. The zero-order chi connectivity index (χ0) is 15.0. The van der Waals surface area contributed by atoms with Crippen molar-refractivity contribution in [2.45, 2.75) is 50.1 Å². The molecule has 7 heteroatoms. The Labute approximate surface area is 128 Å². The molecule has 2 fully saturated rings. The summed E-state index contributed by atoms with van der Waals surface area (Å²) in [7, 11) is 0. The van der Waals surface area contributed by atoms with Crippen LogP contribution in [-0.2, 0) is 16.1 Å². The molecule has 0 unspecified atom stereocenters. The first-order chi connectivity index (χ1) is 9.97. The topological polar surface area (TPSA) is 76.0 Å². The number of amides is 2. The number of rotatable bonds is 4. The van der Waals surface area contributed by atoms with Gasteiger partial charge in [-0.15, -0.1) is 11.8 Å². The van der Waals surface area contributed by atoms with E-state index in [1.807, 2.05) is 20.2 Å². The molecule has 2 heterocycles. The monoisotopic (exact) mass is 308 g/mol. The van der Waals surface area contributed by atoms with Crippen molar-refractivity contribution < 1.29 is 9.59 Å². The van der Waals surface area contributed by atoms with Crippen LogP contribution in [0.4, 0.5) is 0 Å². The van der Waals surface area contributed by atoms with Crippen molar-refractivity contribution in [2.24, 2.45) is 0 Å². The van der Waals surface area contributed by atoms with Gasteiger partial charge in [0.25, 0.3) is 0 Å². The van der Waals surface area contributed by atoms with Crippen LogP contribution >= 0.6 is 11.8 Å². The first-order valence-electron chi connectivity index (χ1n) is 7.21. The smallest absolute Gasteiger partial charge is 0.243 e. The SMILES string of the molecule is CC1(C)SC[C@@H](C(=O)NCc2cncn2C2CC2)NC1=O. The van der Waals surface area contributed by atoms with Crippen LogP contribution in [0.2, 0.25) is 0 Å². The van der Waals surface area contributed by atoms with Crippen molar-refractivity contribution in [1.29, 1.82) is 0 Å². The van der Waals surface area contributed by atoms with Gasteiger partial charge < -0.3 is 15.2 Å². The molecular weight excluding hydrogens is 288 g/mol. The molecule has 0 spiro atoms. The lowest BCUT2D eigenvalue weighted by Gasteiger charge is -2.32. The molecule has 21 heavy (non-hydrogen) atoms. The summed E-state index contributed by atoms with van der Waals surface area (Å²) in [4.78, 5) is 28.2. The van der Waals surface area contributed by atoms with Gasteiger partial charge in [0.1, 0.15) is 6.04 Å². The predicted molar refractivity (Wildman–Crippen MR) is 80.8 cm³/mol. The minimum atomic E-state index is -0.457. The minimum absolute atomic E-state index is 0.0816. The van der Waals surface area contributed by atoms with Crippen LogP contribution < -0.4 is 10.6 Å². The van der Waals surface area contributed by atoms with E-state index >= 15 is 0 Å². The second-order valence-corrected chi connectivity index (χ2v) is 7.73. The summed E-state index contributed by atoms with van der Waals surface area (Å²) in [6.45, 7) is 4.19. The van der Waals surface area contributed by atoms with Gasteiger partial charge in [-0.2, -0.15) is 0 Å². The molecule has 6 nitrogen and oxygen atoms in total. The number of hydrogen-bond acceptors (Lipinski definition) is 4. The summed E-state index contributed by atoms with van der Waals surface area (Å²) < 4.78 is 1.67. The lowest BCUT2D eigenvalue weighted by molar-refractivity contribution is -0.129. The molecule has 1 aliphatic carbocycles. The predicted octanol–water partition coefficient (Wildman–Crippen LogP) is 0.844. The number of carbonyl (C=O) groups excluding carboxylic acids is 2. The van der Waals surface area contributed by atoms with Crippen molar-refractivity contribution in [3.8, 4) is 0 Å². The highest BCUT2D eigenvalue weighted by Gasteiger charge is 2.37. The van der Waals surface area contributed by atoms with E-state index in [-0.39, 0.29) is 11.8 Å². The quantitative estimate of drug-likeness (QED) is 0.864. The van der Waals surface area contributed by atoms with Crippen LogP contribution in [-0.4, -0.2) is 37.9 Å². The number of imidazole rings is 1. The minimum Gasteiger partial charge on any atom is -0.349 e. The van der Waals surface area contributed by atoms with Crippen molar-refractivity contribution in [2.75, 3.05) is 5.75 Å². The van der Waals surface area contributed by atoms with E-state index in [9.17, 15) is 9.59 Å². The van der Waals surface area contributed by atoms with Crippen LogP contribution in [0.5, 0.6) is 0 Å². The third-order valence-electron chi connectivity index (χ3n) is 3.91. The van der Waals surface area contributed by atoms with Crippen molar-refractivity contribution in [3.63, 3.8) is 0 Å². The van der Waals surface area contributed by atoms with Crippen LogP contribution in [0, 0.1) is 0 Å². The molecule has 1 atom stereocenters. The maximum Gasteiger partial charge on any atom is 0.243 e. The summed E-state index contributed by atoms with van der Waals surface area (Å²) in [5, 5.41) is 5.69. The van der Waals surface area contributed by atoms with E-state index in [0.29, 0.717) is 18.3 Å². The Hall–Kier alpha value is -1.50. The highest BCUT2D eigenvalue weighted by atomic mass is 32.2. The number of hydrogen-bond donors (Lipinski definition) is 2. The van der Waals surface area contributed by atoms with Gasteiger partial charge >= 0.3 is 0 Å². The van der Waals surface area contributed by atoms with E-state index in [1.165, 1.54) is 24.6 Å². The summed E-state index contributed by atoms with van der Waals surface area (Å²) in [6.07, 6.45) is 5.97. The largest absolute Gasteiger partial charge is 0.349 e. The molecule has 1 aliphatic heterocycles. The fraction of sp³-hybridized carbons (Fsp3) is 0.643. The highest BCUT2D eigenvalue weighted by Crippen LogP contribution is 2.35. The van der Waals surface area contributed by atoms with Crippen LogP contribution in [0.15, 0.2) is 12.5 Å². The molecule has 0 aromatic carbocycles. The van der Waals surface area contributed by atoms with Gasteiger partial charge in [-0.3, -0.25) is 9.59 Å². The van der Waals surface area contributed by atoms with Crippen molar-refractivity contribution in [3.05, 3.63) is 18.2 Å². The van der Waals surface area contributed by atoms with Crippen LogP contribution in [0.25, 0.3) is 0 Å². The molecule has 1 saturated heterocycles. The van der Waals surface area contributed by atoms with Crippen molar-refractivity contribution in [1.82, 2.24) is 20.2 Å². The van der Waals surface area contributed by atoms with E-state index in [0.717, 1.165) is 5.69 Å². The van der Waals surface area contributed by atoms with E-state index in [2.05, 4.69) is 20.2 Å². The van der Waals surface area contributed by atoms with E-state index < -0.39 is 10.8 Å². The number of thioether (sulfide) groups is 1. The lowest BCUT2D eigenvalue weighted by Crippen LogP contribution is -2.57. The Bertz CT molecular complexity index is 565. The summed E-state index contributed by atoms with van der Waals surface area (Å²) in [6, 6.07) is 0.0953. The molecule has 0 bridgehead atoms. The molecule has 2 N–H and O–H groups in total. The Morgan fingerprint density at radius 2 is 2.33 bits per heavy atom. The van der Waals surface area contributed by atoms with Gasteiger partial charge in [-0.05, 0) is 26.7 Å². The third kappa shape index (κ3) is 3.07. The number of nitrogens with zero attached hydrogens (tertiary/aromatic N) is 2. The summed E-state index contributed by atoms with van der Waals surface area (Å²) in [5.41, 5.74) is 1.01. The molecule has 1 saturated carbocycles. The molecule has 114 valence electrons. The summed E-state index contributed by atoms with van der Waals surface area (Å²) >= 11 is 1.52. The average Bonchev–Trinajstić information content (AvgIpc) is 3.18. The average molecular weight is 308 g/mol. The van der Waals surface area contributed by atoms with Crippen molar-refractivity contribution >= 4 is 23.6 Å². The van der Waals surface area contributed by atoms with Gasteiger partial charge in [-0.25, -0.2) is 4.98 Å². The van der Waals surface area contributed by atoms with Gasteiger partial charge in [0.05, 0.1) is 23.3 Å². The Balaban J connectivity index is 1.55. The maximum atomic E-state index is 12.2. The molecule has 3 rings (SSSR count). The highest BCUT2D eigenvalue weighted by molar-refractivity contribution is 8.01. The first-order valence-corrected chi connectivity index (χ1v) is 8.19. The molecule has 1 aromatic rings. The van der Waals surface area contributed by atoms with Gasteiger partial charge in [0, 0.05) is 18.0 Å². The normalized spacial score (nSPS) is 24.5. The second kappa shape index (κ2) is 5.36. The van der Waals surface area contributed by atoms with E-state index in [4.69, 9.17) is 0 Å². The molecule has 1 aromatic heterocycles.